The zero-order valence-corrected chi connectivity index (χ0v) is 11.0. The van der Waals surface area contributed by atoms with E-state index in [1.807, 2.05) is 18.5 Å². The zero-order chi connectivity index (χ0) is 12.5. The molecule has 2 N–H and O–H groups in total. The second-order valence-electron chi connectivity index (χ2n) is 4.45. The minimum atomic E-state index is -3.32. The van der Waals surface area contributed by atoms with E-state index in [0.29, 0.717) is 11.4 Å². The van der Waals surface area contributed by atoms with Gasteiger partial charge in [0.2, 0.25) is 10.0 Å². The Kier molecular flexibility index (Phi) is 3.56. The monoisotopic (exact) mass is 257 g/mol. The number of hydrogen-bond donors (Lipinski definition) is 2. The van der Waals surface area contributed by atoms with Gasteiger partial charge in [-0.05, 0) is 25.5 Å². The third kappa shape index (κ3) is 3.08. The summed E-state index contributed by atoms with van der Waals surface area (Å²) in [5, 5.41) is 3.19. The van der Waals surface area contributed by atoms with Gasteiger partial charge in [-0.1, -0.05) is 6.92 Å². The third-order valence-electron chi connectivity index (χ3n) is 2.85. The number of nitrogens with zero attached hydrogens (tertiary/aromatic N) is 1. The van der Waals surface area contributed by atoms with Crippen LogP contribution in [0.3, 0.4) is 0 Å². The lowest BCUT2D eigenvalue weighted by atomic mass is 10.4. The normalized spacial score (nSPS) is 16.4. The molecule has 0 aliphatic heterocycles. The summed E-state index contributed by atoms with van der Waals surface area (Å²) in [6.45, 7) is 3.58. The summed E-state index contributed by atoms with van der Waals surface area (Å²) in [4.78, 5) is 0.361. The maximum Gasteiger partial charge on any atom is 0.242 e. The van der Waals surface area contributed by atoms with Gasteiger partial charge in [0, 0.05) is 31.5 Å². The summed E-state index contributed by atoms with van der Waals surface area (Å²) in [5.41, 5.74) is 0.975. The van der Waals surface area contributed by atoms with Crippen molar-refractivity contribution < 1.29 is 8.42 Å². The number of aromatic nitrogens is 1. The van der Waals surface area contributed by atoms with Crippen LogP contribution in [0.25, 0.3) is 0 Å². The fourth-order valence-electron chi connectivity index (χ4n) is 1.64. The second kappa shape index (κ2) is 4.80. The molecule has 5 nitrogen and oxygen atoms in total. The van der Waals surface area contributed by atoms with Crippen LogP contribution in [0.2, 0.25) is 0 Å². The molecule has 1 aliphatic rings. The van der Waals surface area contributed by atoms with E-state index < -0.39 is 10.0 Å². The largest absolute Gasteiger partial charge is 0.352 e. The molecule has 6 heteroatoms. The van der Waals surface area contributed by atoms with Crippen LogP contribution in [0.1, 0.15) is 25.5 Å². The van der Waals surface area contributed by atoms with Crippen LogP contribution in [0, 0.1) is 0 Å². The fourth-order valence-corrected chi connectivity index (χ4v) is 3.04. The quantitative estimate of drug-likeness (QED) is 0.783. The lowest BCUT2D eigenvalue weighted by molar-refractivity contribution is 0.581. The van der Waals surface area contributed by atoms with Crippen molar-refractivity contribution in [3.63, 3.8) is 0 Å². The van der Waals surface area contributed by atoms with E-state index in [-0.39, 0.29) is 6.04 Å². The number of sulfonamides is 1. The molecule has 0 bridgehead atoms. The summed E-state index contributed by atoms with van der Waals surface area (Å²) in [5.74, 6) is 0. The highest BCUT2D eigenvalue weighted by Crippen LogP contribution is 2.22. The van der Waals surface area contributed by atoms with Gasteiger partial charge in [0.15, 0.2) is 0 Å². The van der Waals surface area contributed by atoms with E-state index in [2.05, 4.69) is 10.0 Å². The number of rotatable bonds is 6. The lowest BCUT2D eigenvalue weighted by Crippen LogP contribution is -2.25. The Bertz CT molecular complexity index is 489. The Morgan fingerprint density at radius 3 is 2.76 bits per heavy atom. The Hall–Kier alpha value is -0.850. The smallest absolute Gasteiger partial charge is 0.242 e. The van der Waals surface area contributed by atoms with Crippen molar-refractivity contribution >= 4 is 10.0 Å². The van der Waals surface area contributed by atoms with Crippen molar-refractivity contribution in [2.45, 2.75) is 37.2 Å². The Morgan fingerprint density at radius 1 is 1.47 bits per heavy atom. The highest BCUT2D eigenvalue weighted by molar-refractivity contribution is 7.89. The van der Waals surface area contributed by atoms with Crippen LogP contribution < -0.4 is 10.0 Å². The van der Waals surface area contributed by atoms with Crippen molar-refractivity contribution in [2.24, 2.45) is 7.05 Å². The van der Waals surface area contributed by atoms with Gasteiger partial charge in [-0.25, -0.2) is 13.1 Å². The average Bonchev–Trinajstić information content (AvgIpc) is 2.97. The Labute approximate surface area is 102 Å². The first-order valence-electron chi connectivity index (χ1n) is 5.91. The van der Waals surface area contributed by atoms with Gasteiger partial charge in [-0.3, -0.25) is 0 Å². The van der Waals surface area contributed by atoms with E-state index >= 15 is 0 Å². The van der Waals surface area contributed by atoms with Crippen LogP contribution in [0.15, 0.2) is 17.2 Å². The molecule has 1 heterocycles. The maximum absolute atomic E-state index is 12.0. The molecule has 96 valence electrons. The summed E-state index contributed by atoms with van der Waals surface area (Å²) in [6, 6.07) is 1.88. The van der Waals surface area contributed by atoms with Gasteiger partial charge in [0.1, 0.15) is 0 Å². The molecule has 1 fully saturated rings. The van der Waals surface area contributed by atoms with Crippen LogP contribution in [0.5, 0.6) is 0 Å². The van der Waals surface area contributed by atoms with E-state index in [9.17, 15) is 8.42 Å². The average molecular weight is 257 g/mol. The van der Waals surface area contributed by atoms with Crippen molar-refractivity contribution in [2.75, 3.05) is 6.54 Å². The first-order valence-corrected chi connectivity index (χ1v) is 7.39. The van der Waals surface area contributed by atoms with Crippen LogP contribution in [-0.4, -0.2) is 25.6 Å². The molecular formula is C11H19N3O2S. The Balaban J connectivity index is 2.14. The van der Waals surface area contributed by atoms with Crippen molar-refractivity contribution in [3.05, 3.63) is 18.0 Å². The van der Waals surface area contributed by atoms with Gasteiger partial charge in [0.25, 0.3) is 0 Å². The molecule has 1 saturated carbocycles. The second-order valence-corrected chi connectivity index (χ2v) is 6.17. The molecule has 17 heavy (non-hydrogen) atoms. The first-order chi connectivity index (χ1) is 8.03. The maximum atomic E-state index is 12.0. The highest BCUT2D eigenvalue weighted by Gasteiger charge is 2.28. The standard InChI is InChI=1S/C11H19N3O2S/c1-3-12-7-10-6-11(8-14(10)2)17(15,16)13-9-4-5-9/h6,8-9,12-13H,3-5,7H2,1-2H3. The van der Waals surface area contributed by atoms with Crippen molar-refractivity contribution in [3.8, 4) is 0 Å². The third-order valence-corrected chi connectivity index (χ3v) is 4.34. The molecule has 0 radical (unpaired) electrons. The van der Waals surface area contributed by atoms with Crippen LogP contribution in [-0.2, 0) is 23.6 Å². The predicted octanol–water partition coefficient (Wildman–Crippen LogP) is 0.575. The van der Waals surface area contributed by atoms with E-state index in [4.69, 9.17) is 0 Å². The zero-order valence-electron chi connectivity index (χ0n) is 10.2. The molecular weight excluding hydrogens is 238 g/mol. The molecule has 2 rings (SSSR count). The van der Waals surface area contributed by atoms with Gasteiger partial charge in [-0.2, -0.15) is 0 Å². The Morgan fingerprint density at radius 2 is 2.18 bits per heavy atom. The van der Waals surface area contributed by atoms with E-state index in [0.717, 1.165) is 25.1 Å². The number of nitrogens with one attached hydrogen (secondary N) is 2. The van der Waals surface area contributed by atoms with Gasteiger partial charge < -0.3 is 9.88 Å². The van der Waals surface area contributed by atoms with Gasteiger partial charge >= 0.3 is 0 Å². The number of hydrogen-bond acceptors (Lipinski definition) is 3. The summed E-state index contributed by atoms with van der Waals surface area (Å²) < 4.78 is 28.5. The van der Waals surface area contributed by atoms with Gasteiger partial charge in [0.05, 0.1) is 4.90 Å². The molecule has 0 unspecified atom stereocenters. The van der Waals surface area contributed by atoms with E-state index in [1.165, 1.54) is 0 Å². The summed E-state index contributed by atoms with van der Waals surface area (Å²) in [7, 11) is -1.46. The molecule has 0 spiro atoms. The summed E-state index contributed by atoms with van der Waals surface area (Å²) >= 11 is 0. The highest BCUT2D eigenvalue weighted by atomic mass is 32.2. The topological polar surface area (TPSA) is 63.1 Å². The molecule has 0 amide bonds. The number of aryl methyl sites for hydroxylation is 1. The minimum absolute atomic E-state index is 0.150. The molecule has 1 aliphatic carbocycles. The molecule has 1 aromatic rings. The first kappa shape index (κ1) is 12.6. The molecule has 0 saturated heterocycles. The van der Waals surface area contributed by atoms with Gasteiger partial charge in [-0.15, -0.1) is 0 Å². The summed E-state index contributed by atoms with van der Waals surface area (Å²) in [6.07, 6.45) is 3.57. The molecule has 0 atom stereocenters. The lowest BCUT2D eigenvalue weighted by Gasteiger charge is -2.02. The predicted molar refractivity (Wildman–Crippen MR) is 66.1 cm³/mol. The minimum Gasteiger partial charge on any atom is -0.352 e. The SMILES string of the molecule is CCNCc1cc(S(=O)(=O)NC2CC2)cn1C. The van der Waals surface area contributed by atoms with Crippen molar-refractivity contribution in [1.82, 2.24) is 14.6 Å². The van der Waals surface area contributed by atoms with Crippen LogP contribution >= 0.6 is 0 Å². The van der Waals surface area contributed by atoms with Crippen molar-refractivity contribution in [1.29, 1.82) is 0 Å². The fraction of sp³-hybridized carbons (Fsp3) is 0.636. The molecule has 0 aromatic carbocycles. The molecule has 1 aromatic heterocycles. The van der Waals surface area contributed by atoms with E-state index in [1.54, 1.807) is 12.3 Å². The van der Waals surface area contributed by atoms with Crippen LogP contribution in [0.4, 0.5) is 0 Å².